The lowest BCUT2D eigenvalue weighted by Crippen LogP contribution is -2.38. The first-order valence-electron chi connectivity index (χ1n) is 12.4. The Balaban J connectivity index is 1.56. The highest BCUT2D eigenvalue weighted by molar-refractivity contribution is 6.04. The second kappa shape index (κ2) is 13.3. The monoisotopic (exact) mass is 514 g/mol. The molecule has 4 N–H and O–H groups in total. The molecule has 0 fully saturated rings. The highest BCUT2D eigenvalue weighted by Gasteiger charge is 2.38. The predicted octanol–water partition coefficient (Wildman–Crippen LogP) is 3.03. The molecule has 0 saturated heterocycles. The Kier molecular flexibility index (Phi) is 9.61. The molecule has 0 unspecified atom stereocenters. The normalized spacial score (nSPS) is 20.3. The van der Waals surface area contributed by atoms with Crippen molar-refractivity contribution in [1.82, 2.24) is 0 Å². The van der Waals surface area contributed by atoms with Gasteiger partial charge in [0.25, 0.3) is 5.91 Å². The molecule has 0 radical (unpaired) electrons. The van der Waals surface area contributed by atoms with Crippen LogP contribution < -0.4 is 20.5 Å². The summed E-state index contributed by atoms with van der Waals surface area (Å²) in [5, 5.41) is 11.7. The smallest absolute Gasteiger partial charge is 0.290 e. The fraction of sp³-hybridized carbons (Fsp3) is 0.444. The highest BCUT2D eigenvalue weighted by Crippen LogP contribution is 2.42. The van der Waals surface area contributed by atoms with Gasteiger partial charge in [0.05, 0.1) is 37.8 Å². The molecule has 2 aliphatic rings. The fourth-order valence-electron chi connectivity index (χ4n) is 4.34. The Morgan fingerprint density at radius 2 is 1.86 bits per heavy atom. The van der Waals surface area contributed by atoms with Crippen LogP contribution in [0, 0.1) is 5.92 Å². The van der Waals surface area contributed by atoms with E-state index in [1.165, 1.54) is 0 Å². The van der Waals surface area contributed by atoms with Gasteiger partial charge in [-0.1, -0.05) is 18.2 Å². The third-order valence-electron chi connectivity index (χ3n) is 6.13. The van der Waals surface area contributed by atoms with Gasteiger partial charge in [0.2, 0.25) is 13.1 Å². The SMILES string of the molecule is CCO[C@@H]1OC(C(=O)Nc2ccccc2N)=C[C@H](c2ccc3c(c2)OCO3)[C@@H]1CCOCCOCCO. The quantitative estimate of drug-likeness (QED) is 0.273. The van der Waals surface area contributed by atoms with Gasteiger partial charge in [0.1, 0.15) is 0 Å². The van der Waals surface area contributed by atoms with Crippen molar-refractivity contribution in [2.45, 2.75) is 25.6 Å². The molecule has 0 spiro atoms. The number of fused-ring (bicyclic) bond motifs is 1. The molecule has 0 saturated carbocycles. The van der Waals surface area contributed by atoms with Gasteiger partial charge >= 0.3 is 0 Å². The van der Waals surface area contributed by atoms with E-state index in [0.29, 0.717) is 55.7 Å². The summed E-state index contributed by atoms with van der Waals surface area (Å²) in [4.78, 5) is 13.2. The van der Waals surface area contributed by atoms with Crippen LogP contribution in [0.3, 0.4) is 0 Å². The molecular formula is C27H34N2O8. The van der Waals surface area contributed by atoms with Crippen molar-refractivity contribution in [3.05, 3.63) is 59.9 Å². The van der Waals surface area contributed by atoms with Crippen molar-refractivity contribution >= 4 is 17.3 Å². The fourth-order valence-corrected chi connectivity index (χ4v) is 4.34. The number of rotatable bonds is 13. The van der Waals surface area contributed by atoms with E-state index in [-0.39, 0.29) is 37.6 Å². The Hall–Kier alpha value is -3.31. The number of aliphatic hydroxyl groups excluding tert-OH is 1. The zero-order valence-electron chi connectivity index (χ0n) is 20.9. The molecule has 2 aromatic rings. The number of nitrogens with two attached hydrogens (primary N) is 1. The van der Waals surface area contributed by atoms with Crippen LogP contribution in [0.25, 0.3) is 0 Å². The number of hydrogen-bond acceptors (Lipinski definition) is 9. The Labute approximate surface area is 216 Å². The minimum atomic E-state index is -0.673. The summed E-state index contributed by atoms with van der Waals surface area (Å²) in [6, 6.07) is 12.8. The summed E-state index contributed by atoms with van der Waals surface area (Å²) in [6.45, 7) is 3.97. The molecule has 0 aromatic heterocycles. The van der Waals surface area contributed by atoms with Crippen molar-refractivity contribution < 1.29 is 38.3 Å². The van der Waals surface area contributed by atoms with Crippen LogP contribution in [0.1, 0.15) is 24.8 Å². The van der Waals surface area contributed by atoms with Crippen molar-refractivity contribution in [3.63, 3.8) is 0 Å². The molecule has 200 valence electrons. The second-order valence-corrected chi connectivity index (χ2v) is 8.55. The molecular weight excluding hydrogens is 480 g/mol. The second-order valence-electron chi connectivity index (χ2n) is 8.55. The number of nitrogen functional groups attached to an aromatic ring is 1. The number of para-hydroxylation sites is 2. The first-order chi connectivity index (χ1) is 18.1. The predicted molar refractivity (Wildman–Crippen MR) is 136 cm³/mol. The number of aliphatic hydroxyl groups is 1. The summed E-state index contributed by atoms with van der Waals surface area (Å²) in [5.41, 5.74) is 7.91. The van der Waals surface area contributed by atoms with Crippen molar-refractivity contribution in [2.24, 2.45) is 5.92 Å². The first-order valence-corrected chi connectivity index (χ1v) is 12.4. The molecule has 1 amide bonds. The van der Waals surface area contributed by atoms with Crippen LogP contribution in [0.4, 0.5) is 11.4 Å². The summed E-state index contributed by atoms with van der Waals surface area (Å²) in [7, 11) is 0. The number of hydrogen-bond donors (Lipinski definition) is 3. The number of anilines is 2. The van der Waals surface area contributed by atoms with Crippen LogP contribution in [-0.2, 0) is 23.7 Å². The molecule has 37 heavy (non-hydrogen) atoms. The van der Waals surface area contributed by atoms with Crippen LogP contribution in [-0.4, -0.2) is 63.7 Å². The zero-order valence-corrected chi connectivity index (χ0v) is 20.9. The topological polar surface area (TPSA) is 131 Å². The lowest BCUT2D eigenvalue weighted by Gasteiger charge is -2.37. The van der Waals surface area contributed by atoms with Crippen LogP contribution in [0.15, 0.2) is 54.3 Å². The van der Waals surface area contributed by atoms with Crippen molar-refractivity contribution in [3.8, 4) is 11.5 Å². The van der Waals surface area contributed by atoms with Crippen LogP contribution in [0.5, 0.6) is 11.5 Å². The van der Waals surface area contributed by atoms with E-state index in [4.69, 9.17) is 39.3 Å². The van der Waals surface area contributed by atoms with Gasteiger partial charge in [-0.05, 0) is 49.2 Å². The number of allylic oxidation sites excluding steroid dienone is 1. The summed E-state index contributed by atoms with van der Waals surface area (Å²) >= 11 is 0. The van der Waals surface area contributed by atoms with E-state index in [9.17, 15) is 4.79 Å². The van der Waals surface area contributed by atoms with Crippen LogP contribution >= 0.6 is 0 Å². The standard InChI is InChI=1S/C27H34N2O8/c1-2-34-27-19(9-11-32-13-14-33-12-10-30)20(18-7-8-23-24(15-18)36-17-35-23)16-25(37-27)26(31)29-22-6-4-3-5-21(22)28/h3-8,15-16,19-20,27,30H,2,9-14,17,28H2,1H3,(H,29,31)/t19-,20+,27+/m0/s1. The maximum Gasteiger partial charge on any atom is 0.290 e. The summed E-state index contributed by atoms with van der Waals surface area (Å²) < 4.78 is 34.1. The summed E-state index contributed by atoms with van der Waals surface area (Å²) in [5.74, 6) is 0.717. The lowest BCUT2D eigenvalue weighted by molar-refractivity contribution is -0.166. The van der Waals surface area contributed by atoms with E-state index in [1.807, 2.05) is 31.2 Å². The molecule has 4 rings (SSSR count). The number of carbonyl (C=O) groups is 1. The van der Waals surface area contributed by atoms with Crippen molar-refractivity contribution in [1.29, 1.82) is 0 Å². The third kappa shape index (κ3) is 6.92. The van der Waals surface area contributed by atoms with Gasteiger partial charge in [-0.2, -0.15) is 0 Å². The molecule has 3 atom stereocenters. The Bertz CT molecular complexity index is 1080. The van der Waals surface area contributed by atoms with Crippen molar-refractivity contribution in [2.75, 3.05) is 57.5 Å². The number of amides is 1. The van der Waals surface area contributed by atoms with Gasteiger partial charge in [0, 0.05) is 25.0 Å². The first kappa shape index (κ1) is 26.7. The van der Waals surface area contributed by atoms with E-state index in [1.54, 1.807) is 24.3 Å². The molecule has 0 bridgehead atoms. The zero-order chi connectivity index (χ0) is 26.0. The molecule has 2 aromatic carbocycles. The average Bonchev–Trinajstić information content (AvgIpc) is 3.38. The van der Waals surface area contributed by atoms with Gasteiger partial charge in [0.15, 0.2) is 17.3 Å². The Morgan fingerprint density at radius 3 is 2.65 bits per heavy atom. The maximum atomic E-state index is 13.2. The number of benzene rings is 2. The van der Waals surface area contributed by atoms with Gasteiger partial charge in [-0.3, -0.25) is 4.79 Å². The van der Waals surface area contributed by atoms with E-state index < -0.39 is 12.2 Å². The van der Waals surface area contributed by atoms with Gasteiger partial charge in [-0.25, -0.2) is 0 Å². The third-order valence-corrected chi connectivity index (χ3v) is 6.13. The largest absolute Gasteiger partial charge is 0.459 e. The molecule has 10 nitrogen and oxygen atoms in total. The number of carbonyl (C=O) groups excluding carboxylic acids is 1. The summed E-state index contributed by atoms with van der Waals surface area (Å²) in [6.07, 6.45) is 1.76. The molecule has 0 aliphatic carbocycles. The minimum absolute atomic E-state index is 0.0221. The Morgan fingerprint density at radius 1 is 1.08 bits per heavy atom. The van der Waals surface area contributed by atoms with E-state index in [2.05, 4.69) is 5.32 Å². The molecule has 10 heteroatoms. The average molecular weight is 515 g/mol. The molecule has 2 aliphatic heterocycles. The van der Waals surface area contributed by atoms with Gasteiger partial charge in [-0.15, -0.1) is 0 Å². The maximum absolute atomic E-state index is 13.2. The van der Waals surface area contributed by atoms with Crippen LogP contribution in [0.2, 0.25) is 0 Å². The number of ether oxygens (including phenoxy) is 6. The number of nitrogens with one attached hydrogen (secondary N) is 1. The van der Waals surface area contributed by atoms with Gasteiger partial charge < -0.3 is 44.6 Å². The minimum Gasteiger partial charge on any atom is -0.459 e. The van der Waals surface area contributed by atoms with E-state index >= 15 is 0 Å². The molecule has 2 heterocycles. The lowest BCUT2D eigenvalue weighted by atomic mass is 9.81. The van der Waals surface area contributed by atoms with E-state index in [0.717, 1.165) is 5.56 Å². The highest BCUT2D eigenvalue weighted by atomic mass is 16.7.